The second-order valence-corrected chi connectivity index (χ2v) is 4.53. The van der Waals surface area contributed by atoms with Crippen molar-refractivity contribution in [3.63, 3.8) is 0 Å². The summed E-state index contributed by atoms with van der Waals surface area (Å²) in [5.74, 6) is -1.04. The third-order valence-electron chi connectivity index (χ3n) is 2.61. The minimum absolute atomic E-state index is 0.0161. The topological polar surface area (TPSA) is 63.2 Å². The smallest absolute Gasteiger partial charge is 0.270 e. The number of pyridine rings is 1. The number of amides is 1. The van der Waals surface area contributed by atoms with Crippen LogP contribution in [0.5, 0.6) is 0 Å². The molecular formula is C13H16FN3O2. The molecule has 1 aliphatic rings. The van der Waals surface area contributed by atoms with Gasteiger partial charge in [-0.2, -0.15) is 9.87 Å². The molecule has 0 saturated carbocycles. The van der Waals surface area contributed by atoms with Gasteiger partial charge in [0.05, 0.1) is 6.61 Å². The second-order valence-electron chi connectivity index (χ2n) is 4.53. The van der Waals surface area contributed by atoms with Gasteiger partial charge in [0.25, 0.3) is 5.91 Å². The molecule has 1 amide bonds. The Hall–Kier alpha value is -1.79. The van der Waals surface area contributed by atoms with Gasteiger partial charge in [0, 0.05) is 18.2 Å². The number of hydroxylamine groups is 1. The van der Waals surface area contributed by atoms with Gasteiger partial charge in [0.2, 0.25) is 5.95 Å². The van der Waals surface area contributed by atoms with Gasteiger partial charge >= 0.3 is 0 Å². The van der Waals surface area contributed by atoms with Crippen molar-refractivity contribution >= 4 is 11.5 Å². The number of nitrogens with zero attached hydrogens (tertiary/aromatic N) is 1. The Bertz CT molecular complexity index is 515. The molecule has 0 aliphatic carbocycles. The van der Waals surface area contributed by atoms with Gasteiger partial charge in [-0.15, -0.1) is 0 Å². The van der Waals surface area contributed by atoms with Crippen LogP contribution in [-0.4, -0.2) is 30.1 Å². The molecule has 0 saturated heterocycles. The van der Waals surface area contributed by atoms with Gasteiger partial charge < -0.3 is 5.32 Å². The summed E-state index contributed by atoms with van der Waals surface area (Å²) in [4.78, 5) is 20.4. The molecule has 1 aromatic heterocycles. The summed E-state index contributed by atoms with van der Waals surface area (Å²) in [5, 5.41) is 2.67. The number of aromatic nitrogens is 1. The molecule has 0 unspecified atom stereocenters. The molecule has 102 valence electrons. The molecule has 0 radical (unpaired) electrons. The highest BCUT2D eigenvalue weighted by atomic mass is 19.1. The van der Waals surface area contributed by atoms with Crippen LogP contribution in [0.2, 0.25) is 0 Å². The molecule has 6 heteroatoms. The Labute approximate surface area is 110 Å². The average Bonchev–Trinajstić information content (AvgIpc) is 2.38. The molecule has 0 bridgehead atoms. The summed E-state index contributed by atoms with van der Waals surface area (Å²) < 4.78 is 13.9. The van der Waals surface area contributed by atoms with Crippen LogP contribution in [0.1, 0.15) is 29.9 Å². The highest BCUT2D eigenvalue weighted by Crippen LogP contribution is 2.19. The highest BCUT2D eigenvalue weighted by Gasteiger charge is 2.16. The molecule has 5 nitrogen and oxygen atoms in total. The van der Waals surface area contributed by atoms with Crippen molar-refractivity contribution in [1.29, 1.82) is 0 Å². The van der Waals surface area contributed by atoms with Gasteiger partial charge in [-0.25, -0.2) is 4.98 Å². The molecule has 0 spiro atoms. The van der Waals surface area contributed by atoms with Gasteiger partial charge in [0.1, 0.15) is 5.69 Å². The molecule has 2 heterocycles. The minimum atomic E-state index is -0.659. The third kappa shape index (κ3) is 3.36. The van der Waals surface area contributed by atoms with Crippen molar-refractivity contribution in [2.75, 3.05) is 13.2 Å². The lowest BCUT2D eigenvalue weighted by atomic mass is 10.1. The second kappa shape index (κ2) is 5.90. The first-order valence-corrected chi connectivity index (χ1v) is 6.09. The summed E-state index contributed by atoms with van der Waals surface area (Å²) in [5.41, 5.74) is 3.83. The number of hydrogen-bond acceptors (Lipinski definition) is 4. The van der Waals surface area contributed by atoms with Crippen LogP contribution in [0.4, 0.5) is 4.39 Å². The van der Waals surface area contributed by atoms with E-state index in [2.05, 4.69) is 15.8 Å². The number of carbonyl (C=O) groups is 1. The molecule has 1 aliphatic heterocycles. The van der Waals surface area contributed by atoms with Crippen molar-refractivity contribution in [2.45, 2.75) is 19.9 Å². The molecule has 2 rings (SSSR count). The Balaban J connectivity index is 2.22. The quantitative estimate of drug-likeness (QED) is 0.808. The zero-order valence-corrected chi connectivity index (χ0v) is 10.9. The Morgan fingerprint density at radius 1 is 1.53 bits per heavy atom. The largest absolute Gasteiger partial charge is 0.349 e. The Morgan fingerprint density at radius 2 is 2.32 bits per heavy atom. The highest BCUT2D eigenvalue weighted by molar-refractivity contribution is 5.92. The zero-order valence-electron chi connectivity index (χ0n) is 10.9. The van der Waals surface area contributed by atoms with E-state index in [-0.39, 0.29) is 24.2 Å². The number of carbonyl (C=O) groups excluding carboxylic acids is 1. The molecule has 19 heavy (non-hydrogen) atoms. The van der Waals surface area contributed by atoms with Crippen LogP contribution in [0.25, 0.3) is 5.57 Å². The van der Waals surface area contributed by atoms with E-state index in [9.17, 15) is 9.18 Å². The maximum atomic E-state index is 13.9. The normalized spacial score (nSPS) is 15.3. The maximum absolute atomic E-state index is 13.9. The molecule has 1 aromatic rings. The van der Waals surface area contributed by atoms with Crippen LogP contribution in [-0.2, 0) is 4.84 Å². The van der Waals surface area contributed by atoms with E-state index in [0.29, 0.717) is 12.1 Å². The van der Waals surface area contributed by atoms with Crippen molar-refractivity contribution in [3.8, 4) is 0 Å². The van der Waals surface area contributed by atoms with Gasteiger partial charge in [-0.05, 0) is 31.6 Å². The van der Waals surface area contributed by atoms with Crippen LogP contribution in [0.3, 0.4) is 0 Å². The van der Waals surface area contributed by atoms with E-state index in [1.165, 1.54) is 6.07 Å². The zero-order chi connectivity index (χ0) is 13.8. The summed E-state index contributed by atoms with van der Waals surface area (Å²) in [6, 6.07) is 3.05. The first kappa shape index (κ1) is 13.6. The predicted octanol–water partition coefficient (Wildman–Crippen LogP) is 1.28. The molecule has 0 atom stereocenters. The fraction of sp³-hybridized carbons (Fsp3) is 0.385. The van der Waals surface area contributed by atoms with Crippen LogP contribution < -0.4 is 10.8 Å². The summed E-state index contributed by atoms with van der Waals surface area (Å²) in [6.07, 6.45) is 1.83. The average molecular weight is 265 g/mol. The van der Waals surface area contributed by atoms with Crippen molar-refractivity contribution in [2.24, 2.45) is 0 Å². The van der Waals surface area contributed by atoms with E-state index in [4.69, 9.17) is 4.84 Å². The first-order valence-electron chi connectivity index (χ1n) is 6.09. The summed E-state index contributed by atoms with van der Waals surface area (Å²) in [7, 11) is 0. The van der Waals surface area contributed by atoms with Crippen LogP contribution >= 0.6 is 0 Å². The van der Waals surface area contributed by atoms with Gasteiger partial charge in [-0.1, -0.05) is 6.08 Å². The number of halogens is 1. The van der Waals surface area contributed by atoms with Crippen molar-refractivity contribution in [1.82, 2.24) is 15.8 Å². The molecule has 0 aromatic carbocycles. The lowest BCUT2D eigenvalue weighted by Crippen LogP contribution is -2.31. The number of nitrogens with one attached hydrogen (secondary N) is 2. The van der Waals surface area contributed by atoms with Crippen LogP contribution in [0, 0.1) is 5.95 Å². The lowest BCUT2D eigenvalue weighted by molar-refractivity contribution is 0.0676. The first-order chi connectivity index (χ1) is 9.08. The van der Waals surface area contributed by atoms with Gasteiger partial charge in [-0.3, -0.25) is 9.63 Å². The Morgan fingerprint density at radius 3 is 2.89 bits per heavy atom. The maximum Gasteiger partial charge on any atom is 0.270 e. The lowest BCUT2D eigenvalue weighted by Gasteiger charge is -2.15. The monoisotopic (exact) mass is 265 g/mol. The fourth-order valence-electron chi connectivity index (χ4n) is 1.74. The van der Waals surface area contributed by atoms with E-state index in [0.717, 1.165) is 5.57 Å². The third-order valence-corrected chi connectivity index (χ3v) is 2.61. The number of rotatable bonds is 3. The van der Waals surface area contributed by atoms with Crippen LogP contribution in [0.15, 0.2) is 18.2 Å². The predicted molar refractivity (Wildman–Crippen MR) is 68.7 cm³/mol. The van der Waals surface area contributed by atoms with E-state index in [1.54, 1.807) is 6.07 Å². The van der Waals surface area contributed by atoms with Crippen molar-refractivity contribution < 1.29 is 14.0 Å². The molecule has 0 fully saturated rings. The SMILES string of the molecule is CC(C)NC(=O)c1ccc(C2=CCNOC2)c(F)n1. The Kier molecular flexibility index (Phi) is 4.24. The van der Waals surface area contributed by atoms with E-state index in [1.807, 2.05) is 19.9 Å². The molecular weight excluding hydrogens is 249 g/mol. The van der Waals surface area contributed by atoms with Crippen molar-refractivity contribution in [3.05, 3.63) is 35.4 Å². The van der Waals surface area contributed by atoms with E-state index >= 15 is 0 Å². The minimum Gasteiger partial charge on any atom is -0.349 e. The standard InChI is InChI=1S/C13H16FN3O2/c1-8(2)16-13(18)11-4-3-10(12(14)17-11)9-5-6-15-19-7-9/h3-5,8,15H,6-7H2,1-2H3,(H,16,18). The fourth-order valence-corrected chi connectivity index (χ4v) is 1.74. The van der Waals surface area contributed by atoms with E-state index < -0.39 is 5.95 Å². The summed E-state index contributed by atoms with van der Waals surface area (Å²) in [6.45, 7) is 4.46. The molecule has 2 N–H and O–H groups in total. The van der Waals surface area contributed by atoms with Gasteiger partial charge in [0.15, 0.2) is 0 Å². The summed E-state index contributed by atoms with van der Waals surface area (Å²) >= 11 is 0. The number of hydrogen-bond donors (Lipinski definition) is 2.